The summed E-state index contributed by atoms with van der Waals surface area (Å²) in [5.74, 6) is 1.34. The lowest BCUT2D eigenvalue weighted by molar-refractivity contribution is 0.0658. The van der Waals surface area contributed by atoms with Crippen LogP contribution in [-0.2, 0) is 0 Å². The molecule has 0 aliphatic carbocycles. The van der Waals surface area contributed by atoms with Gasteiger partial charge >= 0.3 is 0 Å². The second-order valence-corrected chi connectivity index (χ2v) is 8.02. The van der Waals surface area contributed by atoms with Crippen LogP contribution in [0.1, 0.15) is 31.7 Å². The Hall–Kier alpha value is -1.75. The SMILES string of the molecule is CC[C@H](C)c1ccccc1OC[C@@H](O)CN1CCN(c2cccc(Cl)c2)CC1. The summed E-state index contributed by atoms with van der Waals surface area (Å²) in [5.41, 5.74) is 2.38. The second-order valence-electron chi connectivity index (χ2n) is 7.58. The molecule has 1 fully saturated rings. The monoisotopic (exact) mass is 402 g/mol. The Kier molecular flexibility index (Phi) is 7.60. The lowest BCUT2D eigenvalue weighted by Crippen LogP contribution is -2.49. The average molecular weight is 403 g/mol. The van der Waals surface area contributed by atoms with Crippen LogP contribution in [-0.4, -0.2) is 55.4 Å². The minimum atomic E-state index is -0.497. The van der Waals surface area contributed by atoms with Crippen LogP contribution in [0.2, 0.25) is 5.02 Å². The van der Waals surface area contributed by atoms with E-state index in [1.807, 2.05) is 36.4 Å². The molecule has 2 aromatic carbocycles. The van der Waals surface area contributed by atoms with Gasteiger partial charge in [-0.05, 0) is 42.2 Å². The van der Waals surface area contributed by atoms with Crippen molar-refractivity contribution in [2.24, 2.45) is 0 Å². The Balaban J connectivity index is 1.46. The first-order valence-electron chi connectivity index (χ1n) is 10.2. The zero-order chi connectivity index (χ0) is 19.9. The topological polar surface area (TPSA) is 35.9 Å². The first kappa shape index (κ1) is 21.0. The molecule has 4 nitrogen and oxygen atoms in total. The summed E-state index contributed by atoms with van der Waals surface area (Å²) in [6, 6.07) is 16.1. The van der Waals surface area contributed by atoms with E-state index in [0.717, 1.165) is 49.1 Å². The Bertz CT molecular complexity index is 747. The van der Waals surface area contributed by atoms with Gasteiger partial charge in [0.15, 0.2) is 0 Å². The van der Waals surface area contributed by atoms with E-state index >= 15 is 0 Å². The third kappa shape index (κ3) is 5.63. The molecule has 1 saturated heterocycles. The molecule has 28 heavy (non-hydrogen) atoms. The van der Waals surface area contributed by atoms with Crippen LogP contribution in [0, 0.1) is 0 Å². The van der Waals surface area contributed by atoms with Crippen molar-refractivity contribution in [3.05, 3.63) is 59.1 Å². The van der Waals surface area contributed by atoms with E-state index < -0.39 is 6.10 Å². The van der Waals surface area contributed by atoms with Crippen molar-refractivity contribution in [1.82, 2.24) is 4.90 Å². The molecule has 152 valence electrons. The lowest BCUT2D eigenvalue weighted by Gasteiger charge is -2.37. The van der Waals surface area contributed by atoms with E-state index in [1.165, 1.54) is 5.56 Å². The Morgan fingerprint density at radius 2 is 1.82 bits per heavy atom. The summed E-state index contributed by atoms with van der Waals surface area (Å²) in [7, 11) is 0. The number of halogens is 1. The normalized spacial score (nSPS) is 17.4. The van der Waals surface area contributed by atoms with Crippen molar-refractivity contribution in [3.63, 3.8) is 0 Å². The van der Waals surface area contributed by atoms with Crippen molar-refractivity contribution < 1.29 is 9.84 Å². The number of para-hydroxylation sites is 1. The molecule has 0 bridgehead atoms. The molecule has 1 N–H and O–H groups in total. The number of nitrogens with zero attached hydrogens (tertiary/aromatic N) is 2. The predicted octanol–water partition coefficient (Wildman–Crippen LogP) is 4.42. The van der Waals surface area contributed by atoms with Gasteiger partial charge in [0, 0.05) is 43.4 Å². The van der Waals surface area contributed by atoms with Gasteiger partial charge in [-0.15, -0.1) is 0 Å². The molecule has 2 atom stereocenters. The molecule has 0 unspecified atom stereocenters. The van der Waals surface area contributed by atoms with Gasteiger partial charge in [0.25, 0.3) is 0 Å². The first-order valence-corrected chi connectivity index (χ1v) is 10.6. The van der Waals surface area contributed by atoms with Crippen LogP contribution in [0.4, 0.5) is 5.69 Å². The van der Waals surface area contributed by atoms with Crippen molar-refractivity contribution in [1.29, 1.82) is 0 Å². The molecular formula is C23H31ClN2O2. The molecule has 3 rings (SSSR count). The number of rotatable bonds is 8. The summed E-state index contributed by atoms with van der Waals surface area (Å²) >= 11 is 6.10. The molecule has 2 aromatic rings. The van der Waals surface area contributed by atoms with E-state index in [-0.39, 0.29) is 0 Å². The Labute approximate surface area is 173 Å². The molecule has 0 amide bonds. The first-order chi connectivity index (χ1) is 13.6. The highest BCUT2D eigenvalue weighted by molar-refractivity contribution is 6.30. The lowest BCUT2D eigenvalue weighted by atomic mass is 9.98. The van der Waals surface area contributed by atoms with Crippen molar-refractivity contribution >= 4 is 17.3 Å². The van der Waals surface area contributed by atoms with E-state index in [4.69, 9.17) is 16.3 Å². The number of aliphatic hydroxyl groups is 1. The summed E-state index contributed by atoms with van der Waals surface area (Å²) in [4.78, 5) is 4.64. The molecule has 5 heteroatoms. The highest BCUT2D eigenvalue weighted by atomic mass is 35.5. The smallest absolute Gasteiger partial charge is 0.122 e. The molecular weight excluding hydrogens is 372 g/mol. The molecule has 1 aliphatic rings. The minimum absolute atomic E-state index is 0.321. The predicted molar refractivity (Wildman–Crippen MR) is 117 cm³/mol. The van der Waals surface area contributed by atoms with Gasteiger partial charge in [-0.25, -0.2) is 0 Å². The van der Waals surface area contributed by atoms with Crippen LogP contribution >= 0.6 is 11.6 Å². The van der Waals surface area contributed by atoms with E-state index in [0.29, 0.717) is 19.1 Å². The van der Waals surface area contributed by atoms with Gasteiger partial charge in [0.2, 0.25) is 0 Å². The summed E-state index contributed by atoms with van der Waals surface area (Å²) in [6.07, 6.45) is 0.572. The maximum absolute atomic E-state index is 10.5. The highest BCUT2D eigenvalue weighted by Crippen LogP contribution is 2.28. The maximum atomic E-state index is 10.5. The van der Waals surface area contributed by atoms with Gasteiger partial charge in [0.05, 0.1) is 0 Å². The van der Waals surface area contributed by atoms with Crippen LogP contribution in [0.5, 0.6) is 5.75 Å². The maximum Gasteiger partial charge on any atom is 0.122 e. The van der Waals surface area contributed by atoms with Crippen molar-refractivity contribution in [2.75, 3.05) is 44.2 Å². The number of aliphatic hydroxyl groups excluding tert-OH is 1. The third-order valence-electron chi connectivity index (χ3n) is 5.51. The Morgan fingerprint density at radius 3 is 2.54 bits per heavy atom. The number of β-amino-alcohol motifs (C(OH)–C–C–N with tert-alkyl or cyclic N) is 1. The molecule has 0 saturated carbocycles. The largest absolute Gasteiger partial charge is 0.491 e. The van der Waals surface area contributed by atoms with Crippen molar-refractivity contribution in [3.8, 4) is 5.75 Å². The molecule has 0 aromatic heterocycles. The van der Waals surface area contributed by atoms with E-state index in [1.54, 1.807) is 0 Å². The van der Waals surface area contributed by atoms with Crippen LogP contribution in [0.15, 0.2) is 48.5 Å². The quantitative estimate of drug-likeness (QED) is 0.709. The van der Waals surface area contributed by atoms with Gasteiger partial charge in [0.1, 0.15) is 18.5 Å². The average Bonchev–Trinajstić information content (AvgIpc) is 2.72. The van der Waals surface area contributed by atoms with E-state index in [9.17, 15) is 5.11 Å². The molecule has 0 radical (unpaired) electrons. The van der Waals surface area contributed by atoms with Gasteiger partial charge in [-0.2, -0.15) is 0 Å². The summed E-state index contributed by atoms with van der Waals surface area (Å²) < 4.78 is 5.97. The van der Waals surface area contributed by atoms with Crippen LogP contribution < -0.4 is 9.64 Å². The number of hydrogen-bond acceptors (Lipinski definition) is 4. The standard InChI is InChI=1S/C23H31ClN2O2/c1-3-18(2)22-9-4-5-10-23(22)28-17-21(27)16-25-11-13-26(14-12-25)20-8-6-7-19(24)15-20/h4-10,15,18,21,27H,3,11-14,16-17H2,1-2H3/t18-,21-/m0/s1. The van der Waals surface area contributed by atoms with Gasteiger partial charge in [-0.3, -0.25) is 4.90 Å². The zero-order valence-corrected chi connectivity index (χ0v) is 17.6. The second kappa shape index (κ2) is 10.1. The van der Waals surface area contributed by atoms with Crippen LogP contribution in [0.25, 0.3) is 0 Å². The van der Waals surface area contributed by atoms with Crippen LogP contribution in [0.3, 0.4) is 0 Å². The number of ether oxygens (including phenoxy) is 1. The third-order valence-corrected chi connectivity index (χ3v) is 5.74. The summed E-state index contributed by atoms with van der Waals surface area (Å²) in [6.45, 7) is 9.06. The zero-order valence-electron chi connectivity index (χ0n) is 16.9. The van der Waals surface area contributed by atoms with Gasteiger partial charge in [-0.1, -0.05) is 49.7 Å². The fourth-order valence-corrected chi connectivity index (χ4v) is 3.82. The fourth-order valence-electron chi connectivity index (χ4n) is 3.64. The number of hydrogen-bond donors (Lipinski definition) is 1. The highest BCUT2D eigenvalue weighted by Gasteiger charge is 2.20. The van der Waals surface area contributed by atoms with Crippen molar-refractivity contribution in [2.45, 2.75) is 32.3 Å². The molecule has 1 heterocycles. The molecule has 1 aliphatic heterocycles. The van der Waals surface area contributed by atoms with Gasteiger partial charge < -0.3 is 14.7 Å². The fraction of sp³-hybridized carbons (Fsp3) is 0.478. The number of piperazine rings is 1. The number of anilines is 1. The minimum Gasteiger partial charge on any atom is -0.491 e. The van der Waals surface area contributed by atoms with E-state index in [2.05, 4.69) is 35.8 Å². The number of benzene rings is 2. The summed E-state index contributed by atoms with van der Waals surface area (Å²) in [5, 5.41) is 11.2. The Morgan fingerprint density at radius 1 is 1.07 bits per heavy atom. The molecule has 0 spiro atoms.